The van der Waals surface area contributed by atoms with E-state index in [0.717, 1.165) is 0 Å². The highest BCUT2D eigenvalue weighted by Gasteiger charge is 2.29. The molecule has 0 heterocycles. The molecule has 19 heavy (non-hydrogen) atoms. The van der Waals surface area contributed by atoms with Gasteiger partial charge < -0.3 is 5.43 Å². The molecule has 106 valence electrons. The third-order valence-corrected chi connectivity index (χ3v) is 2.03. The fourth-order valence-corrected chi connectivity index (χ4v) is 1.31. The van der Waals surface area contributed by atoms with Gasteiger partial charge in [-0.3, -0.25) is 4.99 Å². The molecule has 0 saturated carbocycles. The summed E-state index contributed by atoms with van der Waals surface area (Å²) in [6.45, 7) is 4.70. The minimum absolute atomic E-state index is 0.625. The number of nitrogens with two attached hydrogens (primary N) is 1. The second-order valence-corrected chi connectivity index (χ2v) is 4.72. The fourth-order valence-electron chi connectivity index (χ4n) is 1.31. The predicted molar refractivity (Wildman–Crippen MR) is 59.8 cm³/mol. The lowest BCUT2D eigenvalue weighted by molar-refractivity contribution is 0.376. The first-order chi connectivity index (χ1) is 8.60. The Balaban J connectivity index is 3.63. The van der Waals surface area contributed by atoms with E-state index in [2.05, 4.69) is 4.99 Å². The van der Waals surface area contributed by atoms with E-state index < -0.39 is 46.0 Å². The summed E-state index contributed by atoms with van der Waals surface area (Å²) in [7, 11) is 0. The number of aliphatic imine (C=N–C) groups is 1. The van der Waals surface area contributed by atoms with Gasteiger partial charge in [0.05, 0.1) is 11.1 Å². The maximum absolute atomic E-state index is 13.5. The zero-order valence-electron chi connectivity index (χ0n) is 10.4. The van der Waals surface area contributed by atoms with Crippen LogP contribution in [0.25, 0.3) is 0 Å². The van der Waals surface area contributed by atoms with Crippen LogP contribution in [0.3, 0.4) is 0 Å². The van der Waals surface area contributed by atoms with Crippen LogP contribution < -0.4 is 11.3 Å². The number of amidine groups is 1. The third kappa shape index (κ3) is 3.01. The fraction of sp³-hybridized carbons (Fsp3) is 0.364. The van der Waals surface area contributed by atoms with Crippen LogP contribution in [-0.2, 0) is 0 Å². The van der Waals surface area contributed by atoms with Gasteiger partial charge in [0.15, 0.2) is 23.3 Å². The first kappa shape index (κ1) is 15.4. The maximum atomic E-state index is 13.5. The Hall–Kier alpha value is -1.70. The standard InChI is InChI=1S/C11H12F5N3/c1-11(2,3)18-10(19-17)4-5(12)7(14)9(16)8(15)6(4)13/h17H2,1-3H3,(H,18,19). The molecule has 0 unspecified atom stereocenters. The van der Waals surface area contributed by atoms with Gasteiger partial charge in [-0.2, -0.15) is 0 Å². The van der Waals surface area contributed by atoms with Gasteiger partial charge in [-0.25, -0.2) is 27.8 Å². The molecule has 8 heteroatoms. The minimum atomic E-state index is -2.23. The third-order valence-electron chi connectivity index (χ3n) is 2.03. The summed E-state index contributed by atoms with van der Waals surface area (Å²) in [5.41, 5.74) is -0.173. The molecule has 1 aromatic rings. The number of hydrazine groups is 1. The molecule has 0 aliphatic rings. The highest BCUT2D eigenvalue weighted by atomic mass is 19.2. The number of halogens is 5. The number of hydrogen-bond donors (Lipinski definition) is 2. The zero-order valence-corrected chi connectivity index (χ0v) is 10.4. The molecule has 0 aliphatic carbocycles. The summed E-state index contributed by atoms with van der Waals surface area (Å²) in [6, 6.07) is 0. The van der Waals surface area contributed by atoms with Gasteiger partial charge in [0, 0.05) is 0 Å². The monoisotopic (exact) mass is 281 g/mol. The predicted octanol–water partition coefficient (Wildman–Crippen LogP) is 2.39. The maximum Gasteiger partial charge on any atom is 0.200 e. The van der Waals surface area contributed by atoms with Crippen molar-refractivity contribution < 1.29 is 22.0 Å². The average molecular weight is 281 g/mol. The second-order valence-electron chi connectivity index (χ2n) is 4.72. The van der Waals surface area contributed by atoms with Crippen LogP contribution in [0.5, 0.6) is 0 Å². The molecule has 0 spiro atoms. The van der Waals surface area contributed by atoms with Crippen molar-refractivity contribution >= 4 is 5.84 Å². The summed E-state index contributed by atoms with van der Waals surface area (Å²) in [4.78, 5) is 3.78. The average Bonchev–Trinajstić information content (AvgIpc) is 2.31. The van der Waals surface area contributed by atoms with E-state index in [1.165, 1.54) is 0 Å². The summed E-state index contributed by atoms with van der Waals surface area (Å²) in [5.74, 6) is -5.90. The van der Waals surface area contributed by atoms with Crippen LogP contribution in [0.1, 0.15) is 26.3 Å². The molecule has 0 atom stereocenters. The van der Waals surface area contributed by atoms with Crippen molar-refractivity contribution in [1.29, 1.82) is 0 Å². The molecule has 0 saturated heterocycles. The first-order valence-electron chi connectivity index (χ1n) is 5.18. The summed E-state index contributed by atoms with van der Waals surface area (Å²) >= 11 is 0. The normalized spacial score (nSPS) is 12.8. The van der Waals surface area contributed by atoms with Crippen LogP contribution in [-0.4, -0.2) is 11.4 Å². The Kier molecular flexibility index (Phi) is 4.14. The number of rotatable bonds is 1. The van der Waals surface area contributed by atoms with Gasteiger partial charge in [0.2, 0.25) is 5.82 Å². The van der Waals surface area contributed by atoms with Crippen molar-refractivity contribution in [2.24, 2.45) is 10.8 Å². The minimum Gasteiger partial charge on any atom is -0.308 e. The SMILES string of the molecule is CC(C)(C)N=C(NN)c1c(F)c(F)c(F)c(F)c1F. The number of hydrogen-bond acceptors (Lipinski definition) is 2. The van der Waals surface area contributed by atoms with Crippen LogP contribution in [0.15, 0.2) is 4.99 Å². The number of benzene rings is 1. The van der Waals surface area contributed by atoms with E-state index in [-0.39, 0.29) is 0 Å². The number of nitrogens with zero attached hydrogens (tertiary/aromatic N) is 1. The molecular formula is C11H12F5N3. The largest absolute Gasteiger partial charge is 0.308 e. The molecule has 1 aromatic carbocycles. The summed E-state index contributed by atoms with van der Waals surface area (Å²) in [5, 5.41) is 0. The van der Waals surface area contributed by atoms with Gasteiger partial charge >= 0.3 is 0 Å². The Morgan fingerprint density at radius 2 is 1.26 bits per heavy atom. The number of nitrogens with one attached hydrogen (secondary N) is 1. The lowest BCUT2D eigenvalue weighted by Crippen LogP contribution is -2.35. The molecular weight excluding hydrogens is 269 g/mol. The molecule has 0 radical (unpaired) electrons. The van der Waals surface area contributed by atoms with Crippen molar-refractivity contribution in [3.8, 4) is 0 Å². The van der Waals surface area contributed by atoms with Gasteiger partial charge in [0.25, 0.3) is 0 Å². The molecule has 0 aromatic heterocycles. The van der Waals surface area contributed by atoms with E-state index in [9.17, 15) is 22.0 Å². The van der Waals surface area contributed by atoms with Crippen molar-refractivity contribution in [1.82, 2.24) is 5.43 Å². The van der Waals surface area contributed by atoms with Crippen molar-refractivity contribution in [2.75, 3.05) is 0 Å². The van der Waals surface area contributed by atoms with E-state index >= 15 is 0 Å². The van der Waals surface area contributed by atoms with Crippen molar-refractivity contribution in [2.45, 2.75) is 26.3 Å². The Morgan fingerprint density at radius 3 is 1.58 bits per heavy atom. The summed E-state index contributed by atoms with van der Waals surface area (Å²) < 4.78 is 66.0. The molecule has 0 amide bonds. The smallest absolute Gasteiger partial charge is 0.200 e. The Labute approximate surface area is 106 Å². The van der Waals surface area contributed by atoms with Crippen LogP contribution in [0.2, 0.25) is 0 Å². The van der Waals surface area contributed by atoms with Crippen molar-refractivity contribution in [3.05, 3.63) is 34.6 Å². The van der Waals surface area contributed by atoms with Gasteiger partial charge in [-0.05, 0) is 20.8 Å². The van der Waals surface area contributed by atoms with E-state index in [0.29, 0.717) is 0 Å². The molecule has 3 N–H and O–H groups in total. The van der Waals surface area contributed by atoms with E-state index in [1.807, 2.05) is 5.43 Å². The topological polar surface area (TPSA) is 50.4 Å². The van der Waals surface area contributed by atoms with Gasteiger partial charge in [-0.15, -0.1) is 0 Å². The zero-order chi connectivity index (χ0) is 15.0. The van der Waals surface area contributed by atoms with E-state index in [1.54, 1.807) is 20.8 Å². The first-order valence-corrected chi connectivity index (χ1v) is 5.18. The van der Waals surface area contributed by atoms with Crippen LogP contribution >= 0.6 is 0 Å². The van der Waals surface area contributed by atoms with Crippen molar-refractivity contribution in [3.63, 3.8) is 0 Å². The highest BCUT2D eigenvalue weighted by molar-refractivity contribution is 5.99. The van der Waals surface area contributed by atoms with Crippen LogP contribution in [0.4, 0.5) is 22.0 Å². The summed E-state index contributed by atoms with van der Waals surface area (Å²) in [6.07, 6.45) is 0. The van der Waals surface area contributed by atoms with Gasteiger partial charge in [0.1, 0.15) is 5.84 Å². The van der Waals surface area contributed by atoms with Crippen LogP contribution in [0, 0.1) is 29.1 Å². The molecule has 0 fully saturated rings. The van der Waals surface area contributed by atoms with E-state index in [4.69, 9.17) is 5.84 Å². The lowest BCUT2D eigenvalue weighted by atomic mass is 10.1. The molecule has 3 nitrogen and oxygen atoms in total. The lowest BCUT2D eigenvalue weighted by Gasteiger charge is -2.17. The second kappa shape index (κ2) is 5.12. The van der Waals surface area contributed by atoms with Gasteiger partial charge in [-0.1, -0.05) is 0 Å². The Morgan fingerprint density at radius 1 is 0.895 bits per heavy atom. The quantitative estimate of drug-likeness (QED) is 0.158. The molecule has 0 bridgehead atoms. The molecule has 0 aliphatic heterocycles. The highest BCUT2D eigenvalue weighted by Crippen LogP contribution is 2.24. The molecule has 1 rings (SSSR count). The Bertz CT molecular complexity index is 505.